The van der Waals surface area contributed by atoms with Crippen molar-refractivity contribution < 1.29 is 6.85 Å². The first-order valence-electron chi connectivity index (χ1n) is 8.94. The highest BCUT2D eigenvalue weighted by molar-refractivity contribution is 5.66. The van der Waals surface area contributed by atoms with E-state index in [2.05, 4.69) is 12.1 Å². The SMILES string of the molecule is [2H]C([2H])([2H])N1CC[C@H]2[C@@H](C1)c1cccc3c1N(CC3)C2([2H])[2H]. The van der Waals surface area contributed by atoms with E-state index in [1.807, 2.05) is 11.0 Å². The monoisotopic (exact) mass is 233 g/mol. The summed E-state index contributed by atoms with van der Waals surface area (Å²) in [4.78, 5) is 3.46. The summed E-state index contributed by atoms with van der Waals surface area (Å²) in [6.07, 6.45) is 1.47. The van der Waals surface area contributed by atoms with Crippen molar-refractivity contribution in [3.05, 3.63) is 29.3 Å². The molecule has 2 heteroatoms. The first kappa shape index (κ1) is 6.24. The third-order valence-corrected chi connectivity index (χ3v) is 4.36. The van der Waals surface area contributed by atoms with E-state index in [0.29, 0.717) is 19.5 Å². The molecule has 2 atom stereocenters. The maximum atomic E-state index is 8.63. The van der Waals surface area contributed by atoms with Crippen LogP contribution in [0.4, 0.5) is 5.69 Å². The van der Waals surface area contributed by atoms with Gasteiger partial charge in [-0.2, -0.15) is 0 Å². The van der Waals surface area contributed by atoms with Gasteiger partial charge in [0.25, 0.3) is 0 Å². The predicted molar refractivity (Wildman–Crippen MR) is 70.7 cm³/mol. The van der Waals surface area contributed by atoms with Gasteiger partial charge in [-0.15, -0.1) is 0 Å². The van der Waals surface area contributed by atoms with Crippen LogP contribution in [0.5, 0.6) is 0 Å². The minimum Gasteiger partial charge on any atom is -0.370 e. The average molecular weight is 233 g/mol. The molecule has 0 aromatic heterocycles. The minimum atomic E-state index is -2.09. The molecule has 1 fully saturated rings. The average Bonchev–Trinajstić information content (AvgIpc) is 2.89. The van der Waals surface area contributed by atoms with Gasteiger partial charge in [-0.1, -0.05) is 18.2 Å². The Labute approximate surface area is 110 Å². The maximum absolute atomic E-state index is 8.63. The van der Waals surface area contributed by atoms with Gasteiger partial charge in [-0.3, -0.25) is 0 Å². The van der Waals surface area contributed by atoms with Crippen molar-refractivity contribution in [3.63, 3.8) is 0 Å². The molecule has 0 N–H and O–H groups in total. The van der Waals surface area contributed by atoms with Crippen molar-refractivity contribution >= 4 is 5.69 Å². The molecule has 0 spiro atoms. The van der Waals surface area contributed by atoms with Gasteiger partial charge in [0.15, 0.2) is 0 Å². The van der Waals surface area contributed by atoms with Crippen LogP contribution in [0.25, 0.3) is 0 Å². The second-order valence-corrected chi connectivity index (χ2v) is 5.33. The van der Waals surface area contributed by atoms with Crippen LogP contribution < -0.4 is 4.90 Å². The third kappa shape index (κ3) is 1.37. The first-order valence-corrected chi connectivity index (χ1v) is 6.44. The van der Waals surface area contributed by atoms with Crippen molar-refractivity contribution in [1.29, 1.82) is 0 Å². The summed E-state index contributed by atoms with van der Waals surface area (Å²) < 4.78 is 40.2. The lowest BCUT2D eigenvalue weighted by molar-refractivity contribution is 0.186. The maximum Gasteiger partial charge on any atom is 0.0496 e. The predicted octanol–water partition coefficient (Wildman–Crippen LogP) is 2.10. The van der Waals surface area contributed by atoms with Crippen LogP contribution in [0.2, 0.25) is 0 Å². The third-order valence-electron chi connectivity index (χ3n) is 4.36. The molecule has 0 saturated carbocycles. The molecule has 90 valence electrons. The lowest BCUT2D eigenvalue weighted by atomic mass is 9.77. The molecule has 0 unspecified atom stereocenters. The number of hydrogen-bond acceptors (Lipinski definition) is 2. The summed E-state index contributed by atoms with van der Waals surface area (Å²) in [5.41, 5.74) is 3.37. The van der Waals surface area contributed by atoms with Crippen molar-refractivity contribution in [3.8, 4) is 0 Å². The topological polar surface area (TPSA) is 6.48 Å². The van der Waals surface area contributed by atoms with Gasteiger partial charge in [0, 0.05) is 38.0 Å². The van der Waals surface area contributed by atoms with E-state index in [-0.39, 0.29) is 11.8 Å². The van der Waals surface area contributed by atoms with Gasteiger partial charge in [-0.05, 0) is 43.4 Å². The Morgan fingerprint density at radius 3 is 3.35 bits per heavy atom. The molecule has 0 radical (unpaired) electrons. The molecule has 3 heterocycles. The van der Waals surface area contributed by atoms with Crippen LogP contribution in [0.3, 0.4) is 0 Å². The number of nitrogens with zero attached hydrogens (tertiary/aromatic N) is 2. The molecule has 3 aliphatic rings. The number of rotatable bonds is 0. The summed E-state index contributed by atoms with van der Waals surface area (Å²) in [5, 5.41) is 0. The summed E-state index contributed by atoms with van der Waals surface area (Å²) in [7, 11) is 0. The highest BCUT2D eigenvalue weighted by atomic mass is 15.2. The normalized spacial score (nSPS) is 39.3. The fourth-order valence-electron chi connectivity index (χ4n) is 3.54. The second kappa shape index (κ2) is 3.49. The molecule has 3 aliphatic heterocycles. The number of para-hydroxylation sites is 1. The summed E-state index contributed by atoms with van der Waals surface area (Å²) in [6.45, 7) is -1.88. The zero-order chi connectivity index (χ0) is 15.7. The van der Waals surface area contributed by atoms with Crippen molar-refractivity contribution in [2.24, 2.45) is 5.92 Å². The van der Waals surface area contributed by atoms with Gasteiger partial charge < -0.3 is 9.80 Å². The number of benzene rings is 1. The zero-order valence-electron chi connectivity index (χ0n) is 14.8. The number of piperidine rings is 1. The molecule has 1 aromatic carbocycles. The van der Waals surface area contributed by atoms with E-state index in [1.54, 1.807) is 0 Å². The van der Waals surface area contributed by atoms with Crippen LogP contribution in [0, 0.1) is 5.92 Å². The summed E-state index contributed by atoms with van der Waals surface area (Å²) >= 11 is 0. The van der Waals surface area contributed by atoms with E-state index in [0.717, 1.165) is 24.2 Å². The Morgan fingerprint density at radius 1 is 1.41 bits per heavy atom. The number of likely N-dealkylation sites (tertiary alicyclic amines) is 1. The number of anilines is 1. The van der Waals surface area contributed by atoms with E-state index < -0.39 is 13.5 Å². The number of fused-ring (bicyclic) bond motifs is 2. The molecule has 1 aromatic rings. The van der Waals surface area contributed by atoms with Gasteiger partial charge >= 0.3 is 0 Å². The quantitative estimate of drug-likeness (QED) is 0.677. The molecule has 17 heavy (non-hydrogen) atoms. The van der Waals surface area contributed by atoms with Gasteiger partial charge in [0.1, 0.15) is 0 Å². The Balaban J connectivity index is 1.80. The van der Waals surface area contributed by atoms with Crippen LogP contribution in [-0.4, -0.2) is 38.0 Å². The van der Waals surface area contributed by atoms with Crippen LogP contribution in [-0.2, 0) is 6.42 Å². The lowest BCUT2D eigenvalue weighted by Crippen LogP contribution is -2.45. The number of hydrogen-bond donors (Lipinski definition) is 0. The Hall–Kier alpha value is -1.02. The van der Waals surface area contributed by atoms with E-state index in [9.17, 15) is 0 Å². The fourth-order valence-corrected chi connectivity index (χ4v) is 3.54. The largest absolute Gasteiger partial charge is 0.370 e. The highest BCUT2D eigenvalue weighted by Crippen LogP contribution is 2.46. The molecule has 0 bridgehead atoms. The van der Waals surface area contributed by atoms with Gasteiger partial charge in [-0.25, -0.2) is 0 Å². The van der Waals surface area contributed by atoms with Gasteiger partial charge in [0.2, 0.25) is 0 Å². The van der Waals surface area contributed by atoms with Crippen LogP contribution in [0.15, 0.2) is 18.2 Å². The van der Waals surface area contributed by atoms with E-state index >= 15 is 0 Å². The van der Waals surface area contributed by atoms with Crippen LogP contribution >= 0.6 is 0 Å². The standard InChI is InChI=1S/C15H20N2/c1-16-7-5-12-9-17-8-6-11-3-2-4-13(15(11)17)14(12)10-16/h2-4,12,14H,5-10H2,1H3/t12-,14-/m1/s1/i1D3,9D2. The Morgan fingerprint density at radius 2 is 2.41 bits per heavy atom. The first-order chi connectivity index (χ1) is 10.3. The smallest absolute Gasteiger partial charge is 0.0496 e. The summed E-state index contributed by atoms with van der Waals surface area (Å²) in [5.74, 6) is -0.166. The van der Waals surface area contributed by atoms with Crippen molar-refractivity contribution in [2.45, 2.75) is 18.8 Å². The molecule has 0 aliphatic carbocycles. The summed E-state index contributed by atoms with van der Waals surface area (Å²) in [6, 6.07) is 6.16. The lowest BCUT2D eigenvalue weighted by Gasteiger charge is -2.44. The zero-order valence-corrected chi connectivity index (χ0v) is 9.82. The molecule has 2 nitrogen and oxygen atoms in total. The van der Waals surface area contributed by atoms with Crippen molar-refractivity contribution in [2.75, 3.05) is 38.0 Å². The fraction of sp³-hybridized carbons (Fsp3) is 0.600. The van der Waals surface area contributed by atoms with Gasteiger partial charge in [0.05, 0.1) is 0 Å². The molecular weight excluding hydrogens is 208 g/mol. The molecule has 1 saturated heterocycles. The molecule has 4 rings (SSSR count). The molecule has 0 amide bonds. The van der Waals surface area contributed by atoms with Crippen molar-refractivity contribution in [1.82, 2.24) is 4.90 Å². The number of likely N-dealkylation sites (N-methyl/N-ethyl adjacent to an activating group) is 1. The van der Waals surface area contributed by atoms with Crippen LogP contribution in [0.1, 0.15) is 30.3 Å². The van der Waals surface area contributed by atoms with E-state index in [1.165, 1.54) is 10.5 Å². The molecular formula is C15H20N2. The second-order valence-electron chi connectivity index (χ2n) is 5.33. The minimum absolute atomic E-state index is 0.0338. The Bertz CT molecular complexity index is 612. The van der Waals surface area contributed by atoms with E-state index in [4.69, 9.17) is 6.85 Å². The highest BCUT2D eigenvalue weighted by Gasteiger charge is 2.38. The Kier molecular flexibility index (Phi) is 1.28.